The van der Waals surface area contributed by atoms with E-state index < -0.39 is 0 Å². The van der Waals surface area contributed by atoms with Gasteiger partial charge >= 0.3 is 0 Å². The van der Waals surface area contributed by atoms with E-state index in [2.05, 4.69) is 13.8 Å². The van der Waals surface area contributed by atoms with Crippen molar-refractivity contribution >= 4 is 0 Å². The summed E-state index contributed by atoms with van der Waals surface area (Å²) in [7, 11) is 0. The average Bonchev–Trinajstić information content (AvgIpc) is 2.71. The van der Waals surface area contributed by atoms with Gasteiger partial charge in [0.2, 0.25) is 0 Å². The van der Waals surface area contributed by atoms with E-state index in [0.717, 1.165) is 32.3 Å². The Kier molecular flexibility index (Phi) is 6.26. The summed E-state index contributed by atoms with van der Waals surface area (Å²) in [6.07, 6.45) is 8.33. The molecule has 0 spiro atoms. The van der Waals surface area contributed by atoms with Gasteiger partial charge in [0.05, 0.1) is 12.2 Å². The van der Waals surface area contributed by atoms with Gasteiger partial charge < -0.3 is 9.84 Å². The number of ether oxygens (including phenoxy) is 1. The Morgan fingerprint density at radius 3 is 2.80 bits per heavy atom. The molecule has 0 amide bonds. The van der Waals surface area contributed by atoms with Crippen molar-refractivity contribution in [2.45, 2.75) is 71.0 Å². The summed E-state index contributed by atoms with van der Waals surface area (Å²) in [5, 5.41) is 9.88. The second-order valence-electron chi connectivity index (χ2n) is 4.90. The molecule has 1 aliphatic heterocycles. The van der Waals surface area contributed by atoms with E-state index in [0.29, 0.717) is 12.0 Å². The zero-order valence-electron chi connectivity index (χ0n) is 10.2. The van der Waals surface area contributed by atoms with Crippen molar-refractivity contribution in [2.24, 2.45) is 5.92 Å². The zero-order valence-corrected chi connectivity index (χ0v) is 10.2. The minimum atomic E-state index is -0.105. The Morgan fingerprint density at radius 1 is 1.40 bits per heavy atom. The van der Waals surface area contributed by atoms with Crippen LogP contribution in [0.4, 0.5) is 0 Å². The molecule has 1 saturated heterocycles. The van der Waals surface area contributed by atoms with Gasteiger partial charge in [-0.1, -0.05) is 20.3 Å². The summed E-state index contributed by atoms with van der Waals surface area (Å²) < 4.78 is 5.56. The molecule has 1 fully saturated rings. The van der Waals surface area contributed by atoms with Crippen LogP contribution >= 0.6 is 0 Å². The minimum Gasteiger partial charge on any atom is -0.393 e. The van der Waals surface area contributed by atoms with Crippen LogP contribution in [0.5, 0.6) is 0 Å². The van der Waals surface area contributed by atoms with Crippen LogP contribution in [0.3, 0.4) is 0 Å². The smallest absolute Gasteiger partial charge is 0.0576 e. The molecule has 2 nitrogen and oxygen atoms in total. The Bertz CT molecular complexity index is 153. The molecule has 1 rings (SSSR count). The lowest BCUT2D eigenvalue weighted by atomic mass is 9.94. The molecule has 15 heavy (non-hydrogen) atoms. The monoisotopic (exact) mass is 214 g/mol. The van der Waals surface area contributed by atoms with Gasteiger partial charge in [-0.3, -0.25) is 0 Å². The van der Waals surface area contributed by atoms with Crippen molar-refractivity contribution in [3.8, 4) is 0 Å². The highest BCUT2D eigenvalue weighted by molar-refractivity contribution is 4.68. The standard InChI is InChI=1S/C13H26O2/c1-3-6-11(2)13(14)9-4-7-12-8-5-10-15-12/h11-14H,3-10H2,1-2H3. The van der Waals surface area contributed by atoms with Crippen LogP contribution in [0.25, 0.3) is 0 Å². The second kappa shape index (κ2) is 7.24. The normalized spacial score (nSPS) is 25.4. The topological polar surface area (TPSA) is 29.5 Å². The molecule has 0 aliphatic carbocycles. The summed E-state index contributed by atoms with van der Waals surface area (Å²) in [6, 6.07) is 0. The number of hydrogen-bond acceptors (Lipinski definition) is 2. The summed E-state index contributed by atoms with van der Waals surface area (Å²) >= 11 is 0. The van der Waals surface area contributed by atoms with Crippen LogP contribution in [-0.4, -0.2) is 23.9 Å². The van der Waals surface area contributed by atoms with Crippen molar-refractivity contribution in [3.63, 3.8) is 0 Å². The van der Waals surface area contributed by atoms with Gasteiger partial charge in [-0.15, -0.1) is 0 Å². The van der Waals surface area contributed by atoms with E-state index in [1.54, 1.807) is 0 Å². The summed E-state index contributed by atoms with van der Waals surface area (Å²) in [6.45, 7) is 5.27. The quantitative estimate of drug-likeness (QED) is 0.705. The summed E-state index contributed by atoms with van der Waals surface area (Å²) in [5.41, 5.74) is 0. The first-order chi connectivity index (χ1) is 7.24. The first kappa shape index (κ1) is 13.0. The molecule has 2 heteroatoms. The van der Waals surface area contributed by atoms with Crippen molar-refractivity contribution in [3.05, 3.63) is 0 Å². The highest BCUT2D eigenvalue weighted by Gasteiger charge is 2.17. The van der Waals surface area contributed by atoms with Crippen molar-refractivity contribution in [2.75, 3.05) is 6.61 Å². The van der Waals surface area contributed by atoms with Crippen molar-refractivity contribution in [1.82, 2.24) is 0 Å². The molecule has 1 N–H and O–H groups in total. The average molecular weight is 214 g/mol. The Morgan fingerprint density at radius 2 is 2.20 bits per heavy atom. The van der Waals surface area contributed by atoms with E-state index in [-0.39, 0.29) is 6.10 Å². The number of aliphatic hydroxyl groups excluding tert-OH is 1. The maximum Gasteiger partial charge on any atom is 0.0576 e. The van der Waals surface area contributed by atoms with Crippen molar-refractivity contribution in [1.29, 1.82) is 0 Å². The Hall–Kier alpha value is -0.0800. The molecule has 0 radical (unpaired) electrons. The third-order valence-corrected chi connectivity index (χ3v) is 3.45. The molecular formula is C13H26O2. The molecular weight excluding hydrogens is 188 g/mol. The predicted octanol–water partition coefficient (Wildman–Crippen LogP) is 3.13. The first-order valence-corrected chi connectivity index (χ1v) is 6.53. The van der Waals surface area contributed by atoms with E-state index in [1.165, 1.54) is 19.3 Å². The highest BCUT2D eigenvalue weighted by atomic mass is 16.5. The van der Waals surface area contributed by atoms with E-state index in [1.807, 2.05) is 0 Å². The fourth-order valence-electron chi connectivity index (χ4n) is 2.36. The fourth-order valence-corrected chi connectivity index (χ4v) is 2.36. The lowest BCUT2D eigenvalue weighted by Gasteiger charge is -2.18. The molecule has 0 bridgehead atoms. The maximum atomic E-state index is 9.88. The first-order valence-electron chi connectivity index (χ1n) is 6.53. The minimum absolute atomic E-state index is 0.105. The largest absolute Gasteiger partial charge is 0.393 e. The predicted molar refractivity (Wildman–Crippen MR) is 62.9 cm³/mol. The van der Waals surface area contributed by atoms with Gasteiger partial charge in [0.25, 0.3) is 0 Å². The van der Waals surface area contributed by atoms with Crippen molar-refractivity contribution < 1.29 is 9.84 Å². The van der Waals surface area contributed by atoms with Gasteiger partial charge in [0, 0.05) is 6.61 Å². The van der Waals surface area contributed by atoms with Crippen LogP contribution in [-0.2, 0) is 4.74 Å². The number of rotatable bonds is 7. The highest BCUT2D eigenvalue weighted by Crippen LogP contribution is 2.20. The maximum absolute atomic E-state index is 9.88. The third-order valence-electron chi connectivity index (χ3n) is 3.45. The van der Waals surface area contributed by atoms with Gasteiger partial charge in [0.1, 0.15) is 0 Å². The summed E-state index contributed by atoms with van der Waals surface area (Å²) in [5.74, 6) is 0.458. The van der Waals surface area contributed by atoms with Crippen LogP contribution in [0.2, 0.25) is 0 Å². The Labute approximate surface area is 94.0 Å². The van der Waals surface area contributed by atoms with E-state index in [4.69, 9.17) is 4.74 Å². The SMILES string of the molecule is CCCC(C)C(O)CCCC1CCCO1. The molecule has 3 atom stereocenters. The van der Waals surface area contributed by atoms with Gasteiger partial charge in [-0.25, -0.2) is 0 Å². The van der Waals surface area contributed by atoms with Crippen LogP contribution in [0.15, 0.2) is 0 Å². The van der Waals surface area contributed by atoms with Crippen LogP contribution < -0.4 is 0 Å². The Balaban J connectivity index is 2.02. The van der Waals surface area contributed by atoms with E-state index >= 15 is 0 Å². The number of hydrogen-bond donors (Lipinski definition) is 1. The molecule has 0 aromatic heterocycles. The molecule has 1 heterocycles. The molecule has 3 unspecified atom stereocenters. The van der Waals surface area contributed by atoms with E-state index in [9.17, 15) is 5.11 Å². The lowest BCUT2D eigenvalue weighted by Crippen LogP contribution is -2.18. The van der Waals surface area contributed by atoms with Gasteiger partial charge in [0.15, 0.2) is 0 Å². The third kappa shape index (κ3) is 4.98. The molecule has 0 aromatic carbocycles. The molecule has 0 saturated carbocycles. The zero-order chi connectivity index (χ0) is 11.1. The number of aliphatic hydroxyl groups is 1. The summed E-state index contributed by atoms with van der Waals surface area (Å²) in [4.78, 5) is 0. The molecule has 0 aromatic rings. The van der Waals surface area contributed by atoms with Crippen LogP contribution in [0.1, 0.15) is 58.8 Å². The van der Waals surface area contributed by atoms with Crippen LogP contribution in [0, 0.1) is 5.92 Å². The fraction of sp³-hybridized carbons (Fsp3) is 1.00. The van der Waals surface area contributed by atoms with Gasteiger partial charge in [-0.2, -0.15) is 0 Å². The lowest BCUT2D eigenvalue weighted by molar-refractivity contribution is 0.0787. The molecule has 90 valence electrons. The molecule has 1 aliphatic rings. The van der Waals surface area contributed by atoms with Gasteiger partial charge in [-0.05, 0) is 44.4 Å². The second-order valence-corrected chi connectivity index (χ2v) is 4.90.